The Bertz CT molecular complexity index is 781. The Morgan fingerprint density at radius 1 is 0.500 bits per heavy atom. The van der Waals surface area contributed by atoms with E-state index in [1.54, 1.807) is 0 Å². The predicted octanol–water partition coefficient (Wildman–Crippen LogP) is 10.6. The molecule has 2 saturated heterocycles. The highest BCUT2D eigenvalue weighted by Crippen LogP contribution is 2.15. The lowest BCUT2D eigenvalue weighted by Crippen LogP contribution is -2.22. The van der Waals surface area contributed by atoms with Crippen LogP contribution in [0.2, 0.25) is 0 Å². The lowest BCUT2D eigenvalue weighted by atomic mass is 10.1. The van der Waals surface area contributed by atoms with Crippen LogP contribution in [-0.2, 0) is 23.7 Å². The number of ether oxygens (including phenoxy) is 4. The Labute approximate surface area is 296 Å². The monoisotopic (exact) mass is 675 g/mol. The first-order valence-corrected chi connectivity index (χ1v) is 20.3. The molecule has 278 valence electrons. The first-order valence-electron chi connectivity index (χ1n) is 20.3. The minimum Gasteiger partial charge on any atom is -0.396 e. The second kappa shape index (κ2) is 38.4. The van der Waals surface area contributed by atoms with Gasteiger partial charge in [0.05, 0.1) is 13.2 Å². The minimum absolute atomic E-state index is 0.0386. The molecule has 2 atom stereocenters. The van der Waals surface area contributed by atoms with Crippen LogP contribution < -0.4 is 0 Å². The second-order valence-electron chi connectivity index (χ2n) is 13.4. The molecular formula is C42H74O6. The fourth-order valence-electron chi connectivity index (χ4n) is 5.85. The molecule has 2 rings (SSSR count). The van der Waals surface area contributed by atoms with Crippen LogP contribution in [0.15, 0.2) is 0 Å². The van der Waals surface area contributed by atoms with Gasteiger partial charge in [-0.15, -0.1) is 23.7 Å². The van der Waals surface area contributed by atoms with Crippen LogP contribution in [0.1, 0.15) is 193 Å². The number of hydrogen-bond donors (Lipinski definition) is 1. The third-order valence-electron chi connectivity index (χ3n) is 8.86. The molecule has 6 nitrogen and oxygen atoms in total. The maximum atomic E-state index is 10.2. The lowest BCUT2D eigenvalue weighted by molar-refractivity contribution is -0.162. The van der Waals surface area contributed by atoms with Crippen LogP contribution in [0, 0.1) is 23.7 Å². The van der Waals surface area contributed by atoms with E-state index < -0.39 is 0 Å². The van der Waals surface area contributed by atoms with Gasteiger partial charge >= 0.3 is 0 Å². The Kier molecular flexibility index (Phi) is 35.7. The van der Waals surface area contributed by atoms with Crippen molar-refractivity contribution in [2.75, 3.05) is 33.0 Å². The SMILES string of the molecule is O=CCCCCCCCCCCC#CCCCOC1CCCCO1.OCCCCCCCCCCCC#CCCCOC1CCCCO1. The fraction of sp³-hybridized carbons (Fsp3) is 0.881. The molecule has 6 heteroatoms. The average Bonchev–Trinajstić information content (AvgIpc) is 3.12. The topological polar surface area (TPSA) is 74.2 Å². The zero-order valence-electron chi connectivity index (χ0n) is 31.0. The summed E-state index contributed by atoms with van der Waals surface area (Å²) < 4.78 is 22.4. The summed E-state index contributed by atoms with van der Waals surface area (Å²) in [6.45, 7) is 3.60. The van der Waals surface area contributed by atoms with Crippen LogP contribution in [0.25, 0.3) is 0 Å². The highest BCUT2D eigenvalue weighted by molar-refractivity contribution is 5.48. The number of aldehydes is 1. The summed E-state index contributed by atoms with van der Waals surface area (Å²) in [6.07, 6.45) is 36.1. The largest absolute Gasteiger partial charge is 0.396 e. The van der Waals surface area contributed by atoms with Crippen molar-refractivity contribution < 1.29 is 28.8 Å². The summed E-state index contributed by atoms with van der Waals surface area (Å²) in [4.78, 5) is 10.2. The molecule has 0 saturated carbocycles. The summed E-state index contributed by atoms with van der Waals surface area (Å²) in [5, 5.41) is 8.70. The van der Waals surface area contributed by atoms with E-state index in [9.17, 15) is 4.79 Å². The molecule has 0 aliphatic carbocycles. The van der Waals surface area contributed by atoms with Crippen molar-refractivity contribution in [3.63, 3.8) is 0 Å². The number of rotatable bonds is 28. The zero-order chi connectivity index (χ0) is 34.3. The lowest BCUT2D eigenvalue weighted by Gasteiger charge is -2.22. The average molecular weight is 675 g/mol. The van der Waals surface area contributed by atoms with E-state index >= 15 is 0 Å². The van der Waals surface area contributed by atoms with Gasteiger partial charge in [-0.3, -0.25) is 0 Å². The van der Waals surface area contributed by atoms with Crippen molar-refractivity contribution in [3.8, 4) is 23.7 Å². The number of aliphatic hydroxyl groups is 1. The van der Waals surface area contributed by atoms with Gasteiger partial charge in [-0.05, 0) is 77.0 Å². The van der Waals surface area contributed by atoms with Gasteiger partial charge in [0.1, 0.15) is 6.29 Å². The summed E-state index contributed by atoms with van der Waals surface area (Å²) in [7, 11) is 0. The molecular weight excluding hydrogens is 600 g/mol. The van der Waals surface area contributed by atoms with Crippen molar-refractivity contribution in [1.82, 2.24) is 0 Å². The summed E-state index contributed by atoms with van der Waals surface area (Å²) in [6, 6.07) is 0. The molecule has 0 amide bonds. The molecule has 0 radical (unpaired) electrons. The van der Waals surface area contributed by atoms with Gasteiger partial charge in [-0.25, -0.2) is 0 Å². The third-order valence-corrected chi connectivity index (χ3v) is 8.86. The van der Waals surface area contributed by atoms with Gasteiger partial charge in [0.15, 0.2) is 12.6 Å². The first kappa shape index (κ1) is 44.6. The molecule has 2 unspecified atom stereocenters. The van der Waals surface area contributed by atoms with Crippen LogP contribution in [0.4, 0.5) is 0 Å². The molecule has 2 aliphatic rings. The quantitative estimate of drug-likeness (QED) is 0.0506. The molecule has 0 bridgehead atoms. The van der Waals surface area contributed by atoms with Gasteiger partial charge < -0.3 is 28.8 Å². The van der Waals surface area contributed by atoms with E-state index in [0.29, 0.717) is 6.61 Å². The van der Waals surface area contributed by atoms with E-state index in [0.717, 1.165) is 103 Å². The Hall–Kier alpha value is -1.41. The Morgan fingerprint density at radius 2 is 0.875 bits per heavy atom. The minimum atomic E-state index is 0.0386. The van der Waals surface area contributed by atoms with Crippen LogP contribution in [-0.4, -0.2) is 57.0 Å². The number of hydrogen-bond acceptors (Lipinski definition) is 6. The van der Waals surface area contributed by atoms with Crippen molar-refractivity contribution in [1.29, 1.82) is 0 Å². The molecule has 1 N–H and O–H groups in total. The predicted molar refractivity (Wildman–Crippen MR) is 199 cm³/mol. The van der Waals surface area contributed by atoms with E-state index in [1.807, 2.05) is 0 Å². The van der Waals surface area contributed by atoms with E-state index in [-0.39, 0.29) is 12.6 Å². The van der Waals surface area contributed by atoms with Crippen LogP contribution in [0.3, 0.4) is 0 Å². The van der Waals surface area contributed by atoms with E-state index in [4.69, 9.17) is 24.1 Å². The standard InChI is InChI=1S/C21H38O3.C21H36O3/c2*22-18-14-11-9-7-5-3-1-2-4-6-8-10-12-15-19-23-21-17-13-16-20-24-21/h21-22H,1-7,9,11-20H2;18,21H,1-7,9,11-17,19-20H2. The first-order chi connectivity index (χ1) is 23.9. The highest BCUT2D eigenvalue weighted by atomic mass is 16.7. The number of unbranched alkanes of at least 4 members (excludes halogenated alkanes) is 20. The van der Waals surface area contributed by atoms with Crippen LogP contribution >= 0.6 is 0 Å². The molecule has 2 fully saturated rings. The number of carbonyl (C=O) groups excluding carboxylic acids is 1. The number of carbonyl (C=O) groups is 1. The zero-order valence-corrected chi connectivity index (χ0v) is 31.0. The van der Waals surface area contributed by atoms with Gasteiger partial charge in [-0.2, -0.15) is 0 Å². The molecule has 48 heavy (non-hydrogen) atoms. The maximum absolute atomic E-state index is 10.2. The van der Waals surface area contributed by atoms with E-state index in [2.05, 4.69) is 23.7 Å². The summed E-state index contributed by atoms with van der Waals surface area (Å²) >= 11 is 0. The molecule has 2 aliphatic heterocycles. The van der Waals surface area contributed by atoms with Gasteiger partial charge in [-0.1, -0.05) is 83.5 Å². The van der Waals surface area contributed by atoms with Crippen LogP contribution in [0.5, 0.6) is 0 Å². The molecule has 0 aromatic heterocycles. The van der Waals surface area contributed by atoms with Crippen molar-refractivity contribution in [2.24, 2.45) is 0 Å². The van der Waals surface area contributed by atoms with Gasteiger partial charge in [0, 0.05) is 51.9 Å². The number of aliphatic hydroxyl groups excluding tert-OH is 1. The Morgan fingerprint density at radius 3 is 1.25 bits per heavy atom. The fourth-order valence-corrected chi connectivity index (χ4v) is 5.85. The molecule has 0 aromatic carbocycles. The third kappa shape index (κ3) is 33.1. The molecule has 2 heterocycles. The van der Waals surface area contributed by atoms with Gasteiger partial charge in [0.25, 0.3) is 0 Å². The normalized spacial score (nSPS) is 17.4. The molecule has 0 spiro atoms. The molecule has 0 aromatic rings. The summed E-state index contributed by atoms with van der Waals surface area (Å²) in [5.74, 6) is 13.1. The Balaban J connectivity index is 0.000000480. The van der Waals surface area contributed by atoms with Gasteiger partial charge in [0.2, 0.25) is 0 Å². The van der Waals surface area contributed by atoms with E-state index in [1.165, 1.54) is 122 Å². The maximum Gasteiger partial charge on any atom is 0.157 e. The van der Waals surface area contributed by atoms with Crippen molar-refractivity contribution in [3.05, 3.63) is 0 Å². The highest BCUT2D eigenvalue weighted by Gasteiger charge is 2.14. The van der Waals surface area contributed by atoms with Crippen molar-refractivity contribution in [2.45, 2.75) is 205 Å². The summed E-state index contributed by atoms with van der Waals surface area (Å²) in [5.41, 5.74) is 0. The smallest absolute Gasteiger partial charge is 0.157 e. The van der Waals surface area contributed by atoms with Crippen molar-refractivity contribution >= 4 is 6.29 Å². The second-order valence-corrected chi connectivity index (χ2v) is 13.4.